The Morgan fingerprint density at radius 3 is 1.33 bits per heavy atom. The van der Waals surface area contributed by atoms with Gasteiger partial charge in [-0.05, 0) is 54.7 Å². The number of aliphatic carboxylic acids is 2. The lowest BCUT2D eigenvalue weighted by molar-refractivity contribution is -0.137. The van der Waals surface area contributed by atoms with E-state index in [1.807, 2.05) is 0 Å². The van der Waals surface area contributed by atoms with Crippen LogP contribution in [0.3, 0.4) is 0 Å². The lowest BCUT2D eigenvalue weighted by atomic mass is 10.1. The molecule has 2 N–H and O–H groups in total. The van der Waals surface area contributed by atoms with Crippen LogP contribution >= 0.6 is 0 Å². The van der Waals surface area contributed by atoms with Crippen LogP contribution in [0.15, 0.2) is 48.5 Å². The molecule has 144 valence electrons. The van der Waals surface area contributed by atoms with Crippen LogP contribution in [0.1, 0.15) is 30.4 Å². The second-order valence-electron chi connectivity index (χ2n) is 6.19. The lowest BCUT2D eigenvalue weighted by Gasteiger charge is -2.08. The zero-order chi connectivity index (χ0) is 19.5. The summed E-state index contributed by atoms with van der Waals surface area (Å²) in [6, 6.07) is 14.2. The molecule has 2 rings (SSSR count). The van der Waals surface area contributed by atoms with Crippen LogP contribution in [0.25, 0.3) is 0 Å². The molecule has 0 fully saturated rings. The predicted molar refractivity (Wildman–Crippen MR) is 100 cm³/mol. The number of hydrogen-bond acceptors (Lipinski definition) is 4. The molecule has 27 heavy (non-hydrogen) atoms. The number of unbranched alkanes of at least 4 members (excludes halogenated alkanes) is 2. The highest BCUT2D eigenvalue weighted by molar-refractivity contribution is 5.70. The molecule has 0 heterocycles. The van der Waals surface area contributed by atoms with Crippen LogP contribution in [0, 0.1) is 0 Å². The van der Waals surface area contributed by atoms with Crippen molar-refractivity contribution in [2.75, 3.05) is 13.2 Å². The Morgan fingerprint density at radius 2 is 1.00 bits per heavy atom. The first-order chi connectivity index (χ1) is 13.0. The number of carboxylic acids is 2. The van der Waals surface area contributed by atoms with Crippen molar-refractivity contribution in [3.63, 3.8) is 0 Å². The van der Waals surface area contributed by atoms with Crippen molar-refractivity contribution in [1.82, 2.24) is 0 Å². The molecule has 0 spiro atoms. The van der Waals surface area contributed by atoms with Crippen molar-refractivity contribution in [3.8, 4) is 11.5 Å². The van der Waals surface area contributed by atoms with Crippen molar-refractivity contribution >= 4 is 11.9 Å². The molecular weight excluding hydrogens is 348 g/mol. The Labute approximate surface area is 158 Å². The van der Waals surface area contributed by atoms with Gasteiger partial charge in [0.1, 0.15) is 11.5 Å². The first-order valence-corrected chi connectivity index (χ1v) is 8.90. The van der Waals surface area contributed by atoms with Gasteiger partial charge in [0.15, 0.2) is 0 Å². The highest BCUT2D eigenvalue weighted by atomic mass is 16.5. The van der Waals surface area contributed by atoms with Gasteiger partial charge in [-0.15, -0.1) is 0 Å². The minimum Gasteiger partial charge on any atom is -0.494 e. The molecule has 2 aromatic carbocycles. The maximum atomic E-state index is 10.6. The van der Waals surface area contributed by atoms with Crippen molar-refractivity contribution in [2.45, 2.75) is 32.1 Å². The van der Waals surface area contributed by atoms with Gasteiger partial charge in [-0.3, -0.25) is 9.59 Å². The molecule has 0 unspecified atom stereocenters. The minimum absolute atomic E-state index is 0.0164. The average molecular weight is 372 g/mol. The van der Waals surface area contributed by atoms with E-state index in [0.29, 0.717) is 13.2 Å². The number of hydrogen-bond donors (Lipinski definition) is 2. The molecule has 6 nitrogen and oxygen atoms in total. The van der Waals surface area contributed by atoms with Gasteiger partial charge in [-0.25, -0.2) is 0 Å². The molecule has 0 saturated carbocycles. The van der Waals surface area contributed by atoms with Gasteiger partial charge < -0.3 is 19.7 Å². The van der Waals surface area contributed by atoms with Crippen molar-refractivity contribution in [2.24, 2.45) is 0 Å². The average Bonchev–Trinajstić information content (AvgIpc) is 2.63. The zero-order valence-electron chi connectivity index (χ0n) is 15.1. The highest BCUT2D eigenvalue weighted by Crippen LogP contribution is 2.15. The summed E-state index contributed by atoms with van der Waals surface area (Å²) < 4.78 is 11.3. The van der Waals surface area contributed by atoms with E-state index < -0.39 is 11.9 Å². The summed E-state index contributed by atoms with van der Waals surface area (Å²) in [6.45, 7) is 1.20. The summed E-state index contributed by atoms with van der Waals surface area (Å²) in [5.74, 6) is -0.215. The van der Waals surface area contributed by atoms with Gasteiger partial charge in [0, 0.05) is 0 Å². The van der Waals surface area contributed by atoms with Crippen LogP contribution in [0.4, 0.5) is 0 Å². The van der Waals surface area contributed by atoms with Gasteiger partial charge in [-0.2, -0.15) is 0 Å². The van der Waals surface area contributed by atoms with Gasteiger partial charge in [0.2, 0.25) is 0 Å². The molecule has 0 bridgehead atoms. The standard InChI is InChI=1S/C21H24O6/c22-20(23)14-16-4-8-18(9-5-16)26-12-2-1-3-13-27-19-10-6-17(7-11-19)15-21(24)25/h4-11H,1-3,12-15H2,(H,22,23)(H,24,25). The Hall–Kier alpha value is -3.02. The smallest absolute Gasteiger partial charge is 0.307 e. The maximum Gasteiger partial charge on any atom is 0.307 e. The first-order valence-electron chi connectivity index (χ1n) is 8.90. The van der Waals surface area contributed by atoms with E-state index in [1.165, 1.54) is 0 Å². The van der Waals surface area contributed by atoms with E-state index >= 15 is 0 Å². The normalized spacial score (nSPS) is 10.4. The fourth-order valence-corrected chi connectivity index (χ4v) is 2.52. The number of ether oxygens (including phenoxy) is 2. The molecule has 0 aliphatic heterocycles. The van der Waals surface area contributed by atoms with E-state index in [2.05, 4.69) is 0 Å². The van der Waals surface area contributed by atoms with E-state index in [4.69, 9.17) is 19.7 Å². The zero-order valence-corrected chi connectivity index (χ0v) is 15.1. The van der Waals surface area contributed by atoms with Gasteiger partial charge in [0.05, 0.1) is 26.1 Å². The van der Waals surface area contributed by atoms with E-state index in [-0.39, 0.29) is 12.8 Å². The molecule has 6 heteroatoms. The van der Waals surface area contributed by atoms with E-state index in [0.717, 1.165) is 41.9 Å². The highest BCUT2D eigenvalue weighted by Gasteiger charge is 2.02. The van der Waals surface area contributed by atoms with Crippen LogP contribution < -0.4 is 9.47 Å². The Balaban J connectivity index is 1.55. The quantitative estimate of drug-likeness (QED) is 0.553. The molecule has 0 atom stereocenters. The van der Waals surface area contributed by atoms with Crippen LogP contribution in [-0.4, -0.2) is 35.4 Å². The number of rotatable bonds is 12. The molecule has 0 saturated heterocycles. The van der Waals surface area contributed by atoms with Gasteiger partial charge >= 0.3 is 11.9 Å². The second-order valence-corrected chi connectivity index (χ2v) is 6.19. The third kappa shape index (κ3) is 8.27. The molecule has 0 aromatic heterocycles. The summed E-state index contributed by atoms with van der Waals surface area (Å²) >= 11 is 0. The van der Waals surface area contributed by atoms with E-state index in [9.17, 15) is 9.59 Å². The van der Waals surface area contributed by atoms with E-state index in [1.54, 1.807) is 48.5 Å². The predicted octanol–water partition coefficient (Wildman–Crippen LogP) is 3.57. The molecular formula is C21H24O6. The Bertz CT molecular complexity index is 658. The van der Waals surface area contributed by atoms with Crippen molar-refractivity contribution in [1.29, 1.82) is 0 Å². The van der Waals surface area contributed by atoms with Crippen molar-refractivity contribution < 1.29 is 29.3 Å². The van der Waals surface area contributed by atoms with Crippen LogP contribution in [-0.2, 0) is 22.4 Å². The molecule has 0 aliphatic rings. The van der Waals surface area contributed by atoms with Crippen LogP contribution in [0.2, 0.25) is 0 Å². The monoisotopic (exact) mass is 372 g/mol. The fraction of sp³-hybridized carbons (Fsp3) is 0.333. The minimum atomic E-state index is -0.845. The lowest BCUT2D eigenvalue weighted by Crippen LogP contribution is -2.02. The Kier molecular flexibility index (Phi) is 8.16. The third-order valence-corrected chi connectivity index (χ3v) is 3.88. The molecule has 0 radical (unpaired) electrons. The Morgan fingerprint density at radius 1 is 0.630 bits per heavy atom. The first kappa shape index (κ1) is 20.3. The van der Waals surface area contributed by atoms with Gasteiger partial charge in [-0.1, -0.05) is 24.3 Å². The number of carbonyl (C=O) groups is 2. The summed E-state index contributed by atoms with van der Waals surface area (Å²) in [7, 11) is 0. The third-order valence-electron chi connectivity index (χ3n) is 3.88. The fourth-order valence-electron chi connectivity index (χ4n) is 2.52. The summed E-state index contributed by atoms with van der Waals surface area (Å²) in [4.78, 5) is 21.3. The summed E-state index contributed by atoms with van der Waals surface area (Å²) in [6.07, 6.45) is 2.80. The largest absolute Gasteiger partial charge is 0.494 e. The maximum absolute atomic E-state index is 10.6. The summed E-state index contributed by atoms with van der Waals surface area (Å²) in [5.41, 5.74) is 1.51. The topological polar surface area (TPSA) is 93.1 Å². The summed E-state index contributed by atoms with van der Waals surface area (Å²) in [5, 5.41) is 17.5. The van der Waals surface area contributed by atoms with Crippen molar-refractivity contribution in [3.05, 3.63) is 59.7 Å². The molecule has 0 aliphatic carbocycles. The number of carboxylic acid groups (broad SMARTS) is 2. The second kappa shape index (κ2) is 10.9. The molecule has 0 amide bonds. The number of benzene rings is 2. The van der Waals surface area contributed by atoms with Gasteiger partial charge in [0.25, 0.3) is 0 Å². The SMILES string of the molecule is O=C(O)Cc1ccc(OCCCCCOc2ccc(CC(=O)O)cc2)cc1. The molecule has 2 aromatic rings. The van der Waals surface area contributed by atoms with Crippen LogP contribution in [0.5, 0.6) is 11.5 Å².